The second kappa shape index (κ2) is 5.73. The van der Waals surface area contributed by atoms with E-state index in [1.807, 2.05) is 20.8 Å². The summed E-state index contributed by atoms with van der Waals surface area (Å²) in [5.74, 6) is -0.140. The van der Waals surface area contributed by atoms with E-state index >= 15 is 0 Å². The molecular formula is C11H21NO3. The average molecular weight is 215 g/mol. The lowest BCUT2D eigenvalue weighted by Crippen LogP contribution is -2.37. The number of rotatable bonds is 4. The van der Waals surface area contributed by atoms with Crippen LogP contribution in [0, 0.1) is 5.41 Å². The van der Waals surface area contributed by atoms with Crippen molar-refractivity contribution < 1.29 is 14.3 Å². The van der Waals surface area contributed by atoms with Crippen LogP contribution in [-0.4, -0.2) is 37.5 Å². The van der Waals surface area contributed by atoms with Gasteiger partial charge in [-0.3, -0.25) is 9.59 Å². The molecule has 0 heterocycles. The van der Waals surface area contributed by atoms with Crippen LogP contribution < -0.4 is 0 Å². The molecule has 4 nitrogen and oxygen atoms in total. The van der Waals surface area contributed by atoms with Gasteiger partial charge in [-0.1, -0.05) is 20.8 Å². The van der Waals surface area contributed by atoms with Gasteiger partial charge in [-0.2, -0.15) is 0 Å². The summed E-state index contributed by atoms with van der Waals surface area (Å²) in [6.07, 6.45) is 1.00. The predicted molar refractivity (Wildman–Crippen MR) is 58.3 cm³/mol. The molecule has 0 aliphatic carbocycles. The molecule has 0 saturated carbocycles. The molecule has 0 aliphatic rings. The van der Waals surface area contributed by atoms with Gasteiger partial charge < -0.3 is 9.64 Å². The minimum atomic E-state index is -0.361. The minimum Gasteiger partial charge on any atom is -0.469 e. The Kier molecular flexibility index (Phi) is 5.33. The number of nitrogens with zero attached hydrogens (tertiary/aromatic N) is 1. The van der Waals surface area contributed by atoms with Crippen LogP contribution in [0.5, 0.6) is 0 Å². The minimum absolute atomic E-state index is 0.0902. The zero-order valence-corrected chi connectivity index (χ0v) is 10.3. The monoisotopic (exact) mass is 215 g/mol. The molecular weight excluding hydrogens is 194 g/mol. The molecule has 4 heteroatoms. The number of esters is 1. The predicted octanol–water partition coefficient (Wildman–Crippen LogP) is 1.44. The van der Waals surface area contributed by atoms with Crippen molar-refractivity contribution in [1.82, 2.24) is 4.90 Å². The van der Waals surface area contributed by atoms with Crippen molar-refractivity contribution in [1.29, 1.82) is 0 Å². The normalized spacial score (nSPS) is 11.0. The largest absolute Gasteiger partial charge is 0.469 e. The highest BCUT2D eigenvalue weighted by Crippen LogP contribution is 2.16. The topological polar surface area (TPSA) is 46.6 Å². The summed E-state index contributed by atoms with van der Waals surface area (Å²) in [6, 6.07) is 0. The standard InChI is InChI=1S/C11H21NO3/c1-11(2,3)10(14)12(4)8-6-7-9(13)15-5/h6-8H2,1-5H3. The Bertz CT molecular complexity index is 230. The van der Waals surface area contributed by atoms with Gasteiger partial charge in [0.25, 0.3) is 0 Å². The van der Waals surface area contributed by atoms with Crippen LogP contribution in [0.4, 0.5) is 0 Å². The summed E-state index contributed by atoms with van der Waals surface area (Å²) in [7, 11) is 3.12. The van der Waals surface area contributed by atoms with Gasteiger partial charge in [0.15, 0.2) is 0 Å². The van der Waals surface area contributed by atoms with Gasteiger partial charge in [0.2, 0.25) is 5.91 Å². The van der Waals surface area contributed by atoms with Gasteiger partial charge in [0.05, 0.1) is 7.11 Å². The zero-order valence-electron chi connectivity index (χ0n) is 10.3. The molecule has 15 heavy (non-hydrogen) atoms. The number of hydrogen-bond donors (Lipinski definition) is 0. The van der Waals surface area contributed by atoms with Gasteiger partial charge in [-0.25, -0.2) is 0 Å². The summed E-state index contributed by atoms with van der Waals surface area (Å²) in [4.78, 5) is 24.2. The van der Waals surface area contributed by atoms with E-state index < -0.39 is 0 Å². The second-order valence-electron chi connectivity index (χ2n) is 4.66. The Balaban J connectivity index is 3.90. The highest BCUT2D eigenvalue weighted by atomic mass is 16.5. The van der Waals surface area contributed by atoms with Crippen LogP contribution >= 0.6 is 0 Å². The Hall–Kier alpha value is -1.06. The third kappa shape index (κ3) is 5.40. The summed E-state index contributed by atoms with van der Waals surface area (Å²) < 4.78 is 4.52. The van der Waals surface area contributed by atoms with E-state index in [0.717, 1.165) is 0 Å². The lowest BCUT2D eigenvalue weighted by Gasteiger charge is -2.25. The number of carbonyl (C=O) groups excluding carboxylic acids is 2. The van der Waals surface area contributed by atoms with Crippen molar-refractivity contribution in [2.24, 2.45) is 5.41 Å². The van der Waals surface area contributed by atoms with Gasteiger partial charge in [-0.15, -0.1) is 0 Å². The van der Waals surface area contributed by atoms with Crippen LogP contribution in [0.25, 0.3) is 0 Å². The molecule has 0 aromatic rings. The molecule has 0 aliphatic heterocycles. The number of amides is 1. The maximum Gasteiger partial charge on any atom is 0.305 e. The van der Waals surface area contributed by atoms with E-state index in [1.54, 1.807) is 11.9 Å². The lowest BCUT2D eigenvalue weighted by molar-refractivity contribution is -0.142. The molecule has 0 aromatic heterocycles. The molecule has 0 aromatic carbocycles. The fourth-order valence-corrected chi connectivity index (χ4v) is 1.24. The van der Waals surface area contributed by atoms with Crippen molar-refractivity contribution in [2.75, 3.05) is 20.7 Å². The first kappa shape index (κ1) is 13.9. The fraction of sp³-hybridized carbons (Fsp3) is 0.818. The van der Waals surface area contributed by atoms with Gasteiger partial charge in [0.1, 0.15) is 0 Å². The molecule has 88 valence electrons. The molecule has 0 spiro atoms. The van der Waals surface area contributed by atoms with Crippen molar-refractivity contribution >= 4 is 11.9 Å². The Morgan fingerprint density at radius 2 is 1.80 bits per heavy atom. The van der Waals surface area contributed by atoms with Crippen LogP contribution in [0.1, 0.15) is 33.6 Å². The second-order valence-corrected chi connectivity index (χ2v) is 4.66. The highest BCUT2D eigenvalue weighted by Gasteiger charge is 2.24. The van der Waals surface area contributed by atoms with Crippen molar-refractivity contribution in [3.05, 3.63) is 0 Å². The maximum absolute atomic E-state index is 11.7. The van der Waals surface area contributed by atoms with Crippen molar-refractivity contribution in [3.63, 3.8) is 0 Å². The van der Waals surface area contributed by atoms with Gasteiger partial charge in [0, 0.05) is 25.4 Å². The molecule has 0 unspecified atom stereocenters. The smallest absolute Gasteiger partial charge is 0.305 e. The third-order valence-corrected chi connectivity index (χ3v) is 2.09. The van der Waals surface area contributed by atoms with Crippen LogP contribution in [0.15, 0.2) is 0 Å². The van der Waals surface area contributed by atoms with E-state index in [4.69, 9.17) is 0 Å². The average Bonchev–Trinajstić information content (AvgIpc) is 2.14. The molecule has 0 bridgehead atoms. The maximum atomic E-state index is 11.7. The first-order chi connectivity index (χ1) is 6.79. The lowest BCUT2D eigenvalue weighted by atomic mass is 9.95. The summed E-state index contributed by atoms with van der Waals surface area (Å²) in [5.41, 5.74) is -0.361. The summed E-state index contributed by atoms with van der Waals surface area (Å²) >= 11 is 0. The molecule has 0 saturated heterocycles. The van der Waals surface area contributed by atoms with Gasteiger partial charge in [-0.05, 0) is 6.42 Å². The first-order valence-electron chi connectivity index (χ1n) is 5.11. The quantitative estimate of drug-likeness (QED) is 0.667. The molecule has 0 atom stereocenters. The van der Waals surface area contributed by atoms with E-state index in [0.29, 0.717) is 19.4 Å². The Labute approximate surface area is 91.6 Å². The van der Waals surface area contributed by atoms with E-state index in [-0.39, 0.29) is 17.3 Å². The fourth-order valence-electron chi connectivity index (χ4n) is 1.24. The van der Waals surface area contributed by atoms with Crippen LogP contribution in [-0.2, 0) is 14.3 Å². The van der Waals surface area contributed by atoms with Crippen LogP contribution in [0.2, 0.25) is 0 Å². The van der Waals surface area contributed by atoms with Crippen molar-refractivity contribution in [3.8, 4) is 0 Å². The molecule has 0 fully saturated rings. The van der Waals surface area contributed by atoms with E-state index in [9.17, 15) is 9.59 Å². The Morgan fingerprint density at radius 3 is 2.20 bits per heavy atom. The summed E-state index contributed by atoms with van der Waals surface area (Å²) in [5, 5.41) is 0. The SMILES string of the molecule is COC(=O)CCCN(C)C(=O)C(C)(C)C. The van der Waals surface area contributed by atoms with E-state index in [1.165, 1.54) is 7.11 Å². The van der Waals surface area contributed by atoms with E-state index in [2.05, 4.69) is 4.74 Å². The van der Waals surface area contributed by atoms with Crippen LogP contribution in [0.3, 0.4) is 0 Å². The third-order valence-electron chi connectivity index (χ3n) is 2.09. The first-order valence-corrected chi connectivity index (χ1v) is 5.11. The molecule has 0 radical (unpaired) electrons. The molecule has 0 rings (SSSR count). The highest BCUT2D eigenvalue weighted by molar-refractivity contribution is 5.81. The number of carbonyl (C=O) groups is 2. The van der Waals surface area contributed by atoms with Crippen molar-refractivity contribution in [2.45, 2.75) is 33.6 Å². The number of methoxy groups -OCH3 is 1. The number of ether oxygens (including phenoxy) is 1. The molecule has 1 amide bonds. The molecule has 0 N–H and O–H groups in total. The Morgan fingerprint density at radius 1 is 1.27 bits per heavy atom. The zero-order chi connectivity index (χ0) is 12.1. The number of hydrogen-bond acceptors (Lipinski definition) is 3. The van der Waals surface area contributed by atoms with Gasteiger partial charge >= 0.3 is 5.97 Å². The summed E-state index contributed by atoms with van der Waals surface area (Å²) in [6.45, 7) is 6.23.